The highest BCUT2D eigenvalue weighted by Gasteiger charge is 2.33. The Hall–Kier alpha value is -3.33. The van der Waals surface area contributed by atoms with Gasteiger partial charge in [-0.25, -0.2) is 9.97 Å². The zero-order chi connectivity index (χ0) is 23.0. The van der Waals surface area contributed by atoms with Crippen molar-refractivity contribution in [3.05, 3.63) is 47.4 Å². The molecule has 1 amide bonds. The number of hydrogen-bond acceptors (Lipinski definition) is 7. The van der Waals surface area contributed by atoms with E-state index in [0.717, 1.165) is 23.6 Å². The molecule has 0 spiro atoms. The van der Waals surface area contributed by atoms with Crippen LogP contribution in [0.25, 0.3) is 11.5 Å². The Kier molecular flexibility index (Phi) is 5.92. The highest BCUT2D eigenvalue weighted by Crippen LogP contribution is 2.32. The van der Waals surface area contributed by atoms with Crippen LogP contribution in [0, 0.1) is 0 Å². The molecule has 0 atom stereocenters. The molecule has 9 heteroatoms. The molecule has 0 radical (unpaired) electrons. The van der Waals surface area contributed by atoms with Gasteiger partial charge in [-0.05, 0) is 52.8 Å². The summed E-state index contributed by atoms with van der Waals surface area (Å²) in [5.74, 6) is 1.94. The Labute approximate surface area is 188 Å². The van der Waals surface area contributed by atoms with Crippen LogP contribution >= 0.6 is 0 Å². The Morgan fingerprint density at radius 3 is 2.62 bits per heavy atom. The topological polar surface area (TPSA) is 106 Å². The van der Waals surface area contributed by atoms with E-state index in [1.165, 1.54) is 0 Å². The van der Waals surface area contributed by atoms with E-state index < -0.39 is 0 Å². The van der Waals surface area contributed by atoms with Crippen LogP contribution < -0.4 is 15.5 Å². The molecule has 0 saturated carbocycles. The van der Waals surface area contributed by atoms with Gasteiger partial charge in [0.25, 0.3) is 5.91 Å². The first-order chi connectivity index (χ1) is 15.3. The number of hydrogen-bond donors (Lipinski definition) is 1. The van der Waals surface area contributed by atoms with Gasteiger partial charge in [-0.3, -0.25) is 9.69 Å². The molecule has 168 valence electrons. The van der Waals surface area contributed by atoms with Crippen LogP contribution in [0.4, 0.5) is 11.6 Å². The lowest BCUT2D eigenvalue weighted by atomic mass is 10.1. The molecule has 1 aliphatic rings. The van der Waals surface area contributed by atoms with Gasteiger partial charge < -0.3 is 15.2 Å². The lowest BCUT2D eigenvalue weighted by Gasteiger charge is -2.27. The van der Waals surface area contributed by atoms with Crippen molar-refractivity contribution in [2.24, 2.45) is 5.73 Å². The van der Waals surface area contributed by atoms with E-state index in [9.17, 15) is 4.79 Å². The average molecular weight is 435 g/mol. The third kappa shape index (κ3) is 3.73. The number of rotatable bonds is 7. The van der Waals surface area contributed by atoms with Crippen molar-refractivity contribution in [3.63, 3.8) is 0 Å². The molecule has 0 unspecified atom stereocenters. The summed E-state index contributed by atoms with van der Waals surface area (Å²) >= 11 is 0. The molecule has 4 heterocycles. The lowest BCUT2D eigenvalue weighted by molar-refractivity contribution is 0.0996. The number of nitrogens with zero attached hydrogens (tertiary/aromatic N) is 7. The monoisotopic (exact) mass is 434 g/mol. The van der Waals surface area contributed by atoms with Crippen LogP contribution in [0.1, 0.15) is 62.3 Å². The van der Waals surface area contributed by atoms with E-state index in [1.807, 2.05) is 28.8 Å². The minimum absolute atomic E-state index is 0.0897. The molecule has 0 aromatic carbocycles. The van der Waals surface area contributed by atoms with Crippen molar-refractivity contribution in [2.75, 3.05) is 16.3 Å². The Bertz CT molecular complexity index is 1140. The van der Waals surface area contributed by atoms with Crippen molar-refractivity contribution < 1.29 is 4.79 Å². The quantitative estimate of drug-likeness (QED) is 0.609. The second-order valence-electron chi connectivity index (χ2n) is 8.47. The van der Waals surface area contributed by atoms with Gasteiger partial charge in [-0.1, -0.05) is 6.07 Å². The van der Waals surface area contributed by atoms with E-state index in [-0.39, 0.29) is 24.5 Å². The number of pyridine rings is 2. The smallest absolute Gasteiger partial charge is 0.260 e. The number of carbonyl (C=O) groups is 1. The van der Waals surface area contributed by atoms with Gasteiger partial charge in [0, 0.05) is 30.7 Å². The van der Waals surface area contributed by atoms with E-state index in [1.54, 1.807) is 11.2 Å². The number of amides is 1. The van der Waals surface area contributed by atoms with Crippen LogP contribution in [0.3, 0.4) is 0 Å². The summed E-state index contributed by atoms with van der Waals surface area (Å²) in [7, 11) is 0. The van der Waals surface area contributed by atoms with Gasteiger partial charge in [-0.15, -0.1) is 10.2 Å². The molecular formula is C23H30N8O. The standard InChI is InChI=1S/C23H30N8O/c1-6-29(14(2)3)21-10-16-17(19(11-24)27-21)12-30(23(16)32)20-9-7-8-18(26-20)22-28-25-13-31(22)15(4)5/h7-10,13-15H,6,11-12,24H2,1-5H3. The minimum atomic E-state index is -0.0897. The van der Waals surface area contributed by atoms with Crippen molar-refractivity contribution in [1.29, 1.82) is 0 Å². The lowest BCUT2D eigenvalue weighted by Crippen LogP contribution is -2.31. The summed E-state index contributed by atoms with van der Waals surface area (Å²) in [5.41, 5.74) is 8.97. The van der Waals surface area contributed by atoms with Crippen LogP contribution in [-0.2, 0) is 13.1 Å². The first-order valence-corrected chi connectivity index (χ1v) is 11.0. The highest BCUT2D eigenvalue weighted by molar-refractivity contribution is 6.10. The SMILES string of the molecule is CCN(c1cc2c(c(CN)n1)CN(c1cccc(-c3nncn3C(C)C)n1)C2=O)C(C)C. The molecule has 3 aromatic rings. The van der Waals surface area contributed by atoms with Crippen LogP contribution in [-0.4, -0.2) is 43.2 Å². The largest absolute Gasteiger partial charge is 0.354 e. The van der Waals surface area contributed by atoms with Crippen molar-refractivity contribution in [3.8, 4) is 11.5 Å². The zero-order valence-electron chi connectivity index (χ0n) is 19.3. The van der Waals surface area contributed by atoms with E-state index >= 15 is 0 Å². The van der Waals surface area contributed by atoms with Gasteiger partial charge in [0.2, 0.25) is 0 Å². The summed E-state index contributed by atoms with van der Waals surface area (Å²) in [4.78, 5) is 26.8. The predicted octanol–water partition coefficient (Wildman–Crippen LogP) is 3.17. The van der Waals surface area contributed by atoms with E-state index in [4.69, 9.17) is 15.7 Å². The van der Waals surface area contributed by atoms with Gasteiger partial charge in [0.1, 0.15) is 23.7 Å². The third-order valence-corrected chi connectivity index (χ3v) is 5.81. The molecule has 0 fully saturated rings. The van der Waals surface area contributed by atoms with E-state index in [2.05, 4.69) is 49.7 Å². The summed E-state index contributed by atoms with van der Waals surface area (Å²) < 4.78 is 1.96. The van der Waals surface area contributed by atoms with Crippen molar-refractivity contribution >= 4 is 17.5 Å². The van der Waals surface area contributed by atoms with Gasteiger partial charge >= 0.3 is 0 Å². The molecule has 2 N–H and O–H groups in total. The Morgan fingerprint density at radius 1 is 1.19 bits per heavy atom. The Morgan fingerprint density at radius 2 is 1.97 bits per heavy atom. The fourth-order valence-corrected chi connectivity index (χ4v) is 4.15. The average Bonchev–Trinajstić information content (AvgIpc) is 3.39. The van der Waals surface area contributed by atoms with Crippen molar-refractivity contribution in [2.45, 2.75) is 59.8 Å². The van der Waals surface area contributed by atoms with Crippen LogP contribution in [0.2, 0.25) is 0 Å². The number of fused-ring (bicyclic) bond motifs is 1. The number of nitrogens with two attached hydrogens (primary N) is 1. The minimum Gasteiger partial charge on any atom is -0.354 e. The van der Waals surface area contributed by atoms with Crippen LogP contribution in [0.5, 0.6) is 0 Å². The van der Waals surface area contributed by atoms with Gasteiger partial charge in [0.15, 0.2) is 5.82 Å². The van der Waals surface area contributed by atoms with Crippen molar-refractivity contribution in [1.82, 2.24) is 24.7 Å². The van der Waals surface area contributed by atoms with E-state index in [0.29, 0.717) is 29.4 Å². The maximum Gasteiger partial charge on any atom is 0.260 e. The number of anilines is 2. The fraction of sp³-hybridized carbons (Fsp3) is 0.435. The molecule has 32 heavy (non-hydrogen) atoms. The maximum atomic E-state index is 13.4. The molecule has 3 aromatic heterocycles. The second kappa shape index (κ2) is 8.66. The normalized spacial score (nSPS) is 13.4. The molecule has 1 aliphatic heterocycles. The summed E-state index contributed by atoms with van der Waals surface area (Å²) in [6, 6.07) is 7.96. The first-order valence-electron chi connectivity index (χ1n) is 11.0. The fourth-order valence-electron chi connectivity index (χ4n) is 4.15. The molecule has 9 nitrogen and oxygen atoms in total. The predicted molar refractivity (Wildman–Crippen MR) is 124 cm³/mol. The van der Waals surface area contributed by atoms with Gasteiger partial charge in [0.05, 0.1) is 17.8 Å². The number of aromatic nitrogens is 5. The number of carbonyl (C=O) groups excluding carboxylic acids is 1. The third-order valence-electron chi connectivity index (χ3n) is 5.81. The summed E-state index contributed by atoms with van der Waals surface area (Å²) in [5, 5.41) is 8.26. The Balaban J connectivity index is 1.72. The van der Waals surface area contributed by atoms with Crippen LogP contribution in [0.15, 0.2) is 30.6 Å². The zero-order valence-corrected chi connectivity index (χ0v) is 19.3. The summed E-state index contributed by atoms with van der Waals surface area (Å²) in [6.45, 7) is 11.9. The van der Waals surface area contributed by atoms with Gasteiger partial charge in [-0.2, -0.15) is 0 Å². The molecular weight excluding hydrogens is 404 g/mol. The highest BCUT2D eigenvalue weighted by atomic mass is 16.2. The molecule has 0 bridgehead atoms. The summed E-state index contributed by atoms with van der Waals surface area (Å²) in [6.07, 6.45) is 1.69. The molecule has 0 aliphatic carbocycles. The molecule has 0 saturated heterocycles. The first kappa shape index (κ1) is 21.9. The maximum absolute atomic E-state index is 13.4. The molecule has 4 rings (SSSR count). The second-order valence-corrected chi connectivity index (χ2v) is 8.47.